The van der Waals surface area contributed by atoms with Gasteiger partial charge in [0.2, 0.25) is 0 Å². The van der Waals surface area contributed by atoms with Crippen LogP contribution in [0.2, 0.25) is 0 Å². The number of Topliss-reactive ketones (excluding diaryl/α,β-unsaturated/α-hetero) is 1. The van der Waals surface area contributed by atoms with Crippen LogP contribution in [0.15, 0.2) is 0 Å². The van der Waals surface area contributed by atoms with E-state index in [2.05, 4.69) is 5.32 Å². The smallest absolute Gasteiger partial charge is 0.135 e. The summed E-state index contributed by atoms with van der Waals surface area (Å²) in [7, 11) is 0. The van der Waals surface area contributed by atoms with Gasteiger partial charge < -0.3 is 5.32 Å². The fourth-order valence-electron chi connectivity index (χ4n) is 1.92. The highest BCUT2D eigenvalue weighted by atomic mass is 16.1. The lowest BCUT2D eigenvalue weighted by molar-refractivity contribution is -0.120. The molecule has 1 aliphatic carbocycles. The van der Waals surface area contributed by atoms with Gasteiger partial charge in [-0.15, -0.1) is 0 Å². The Bertz CT molecular complexity index is 169. The minimum absolute atomic E-state index is 0.472. The first-order valence-electron chi connectivity index (χ1n) is 5.09. The van der Waals surface area contributed by atoms with Crippen LogP contribution in [0.3, 0.4) is 0 Å². The van der Waals surface area contributed by atoms with Crippen molar-refractivity contribution in [1.29, 1.82) is 0 Å². The summed E-state index contributed by atoms with van der Waals surface area (Å²) in [5.74, 6) is 1.79. The summed E-state index contributed by atoms with van der Waals surface area (Å²) in [4.78, 5) is 11.3. The second kappa shape index (κ2) is 3.56. The molecular weight excluding hydrogens is 150 g/mol. The quantitative estimate of drug-likeness (QED) is 0.685. The number of rotatable bonds is 4. The Hall–Kier alpha value is -0.370. The Balaban J connectivity index is 1.63. The van der Waals surface area contributed by atoms with E-state index >= 15 is 0 Å². The lowest BCUT2D eigenvalue weighted by atomic mass is 9.99. The molecule has 2 heteroatoms. The van der Waals surface area contributed by atoms with Crippen LogP contribution in [0.25, 0.3) is 0 Å². The normalized spacial score (nSPS) is 29.2. The Morgan fingerprint density at radius 2 is 2.17 bits per heavy atom. The van der Waals surface area contributed by atoms with Crippen molar-refractivity contribution >= 4 is 5.78 Å². The van der Waals surface area contributed by atoms with Gasteiger partial charge in [0.25, 0.3) is 0 Å². The first kappa shape index (κ1) is 8.24. The molecule has 68 valence electrons. The minimum Gasteiger partial charge on any atom is -0.316 e. The summed E-state index contributed by atoms with van der Waals surface area (Å²) < 4.78 is 0. The molecule has 0 bridgehead atoms. The van der Waals surface area contributed by atoms with Crippen molar-refractivity contribution in [3.8, 4) is 0 Å². The number of nitrogens with one attached hydrogen (secondary N) is 1. The van der Waals surface area contributed by atoms with E-state index in [0.29, 0.717) is 11.7 Å². The number of carbonyl (C=O) groups excluding carboxylic acids is 1. The molecule has 0 radical (unpaired) electrons. The Morgan fingerprint density at radius 1 is 1.33 bits per heavy atom. The lowest BCUT2D eigenvalue weighted by Crippen LogP contribution is -2.10. The first-order chi connectivity index (χ1) is 5.86. The number of carbonyl (C=O) groups is 1. The van der Waals surface area contributed by atoms with Crippen molar-refractivity contribution in [1.82, 2.24) is 5.32 Å². The van der Waals surface area contributed by atoms with Gasteiger partial charge in [-0.05, 0) is 44.7 Å². The van der Waals surface area contributed by atoms with Crippen molar-refractivity contribution in [2.75, 3.05) is 13.1 Å². The van der Waals surface area contributed by atoms with Crippen LogP contribution in [0.5, 0.6) is 0 Å². The molecule has 12 heavy (non-hydrogen) atoms. The molecule has 1 atom stereocenters. The monoisotopic (exact) mass is 167 g/mol. The first-order valence-corrected chi connectivity index (χ1v) is 5.09. The molecule has 2 aliphatic rings. The van der Waals surface area contributed by atoms with E-state index in [0.717, 1.165) is 31.8 Å². The summed E-state index contributed by atoms with van der Waals surface area (Å²) in [5, 5.41) is 3.33. The molecule has 0 aromatic heterocycles. The third-order valence-electron chi connectivity index (χ3n) is 2.99. The molecule has 1 aliphatic heterocycles. The van der Waals surface area contributed by atoms with Crippen LogP contribution in [0, 0.1) is 11.8 Å². The molecule has 2 fully saturated rings. The fourth-order valence-corrected chi connectivity index (χ4v) is 1.92. The van der Waals surface area contributed by atoms with Crippen LogP contribution in [-0.4, -0.2) is 18.9 Å². The maximum Gasteiger partial charge on any atom is 0.135 e. The predicted octanol–water partition coefficient (Wildman–Crippen LogP) is 1.36. The molecule has 2 nitrogen and oxygen atoms in total. The zero-order valence-electron chi connectivity index (χ0n) is 7.51. The summed E-state index contributed by atoms with van der Waals surface area (Å²) in [6, 6.07) is 0. The van der Waals surface area contributed by atoms with E-state index in [1.54, 1.807) is 0 Å². The van der Waals surface area contributed by atoms with Gasteiger partial charge in [-0.2, -0.15) is 0 Å². The minimum atomic E-state index is 0.472. The third kappa shape index (κ3) is 2.07. The van der Waals surface area contributed by atoms with E-state index < -0.39 is 0 Å². The predicted molar refractivity (Wildman–Crippen MR) is 47.9 cm³/mol. The van der Waals surface area contributed by atoms with Crippen LogP contribution >= 0.6 is 0 Å². The molecule has 1 saturated carbocycles. The highest BCUT2D eigenvalue weighted by Crippen LogP contribution is 2.32. The van der Waals surface area contributed by atoms with Gasteiger partial charge in [-0.1, -0.05) is 0 Å². The van der Waals surface area contributed by atoms with Gasteiger partial charge in [0, 0.05) is 12.3 Å². The maximum atomic E-state index is 11.3. The largest absolute Gasteiger partial charge is 0.316 e. The Morgan fingerprint density at radius 3 is 2.75 bits per heavy atom. The third-order valence-corrected chi connectivity index (χ3v) is 2.99. The van der Waals surface area contributed by atoms with Crippen LogP contribution in [0.1, 0.15) is 32.1 Å². The van der Waals surface area contributed by atoms with Crippen molar-refractivity contribution in [2.24, 2.45) is 11.8 Å². The van der Waals surface area contributed by atoms with Gasteiger partial charge in [-0.3, -0.25) is 4.79 Å². The molecule has 0 spiro atoms. The van der Waals surface area contributed by atoms with E-state index in [4.69, 9.17) is 0 Å². The average Bonchev–Trinajstić information content (AvgIpc) is 2.80. The van der Waals surface area contributed by atoms with Crippen molar-refractivity contribution < 1.29 is 4.79 Å². The molecule has 0 amide bonds. The van der Waals surface area contributed by atoms with Crippen molar-refractivity contribution in [3.05, 3.63) is 0 Å². The average molecular weight is 167 g/mol. The van der Waals surface area contributed by atoms with E-state index in [-0.39, 0.29) is 0 Å². The summed E-state index contributed by atoms with van der Waals surface area (Å²) in [5.41, 5.74) is 0. The van der Waals surface area contributed by atoms with Gasteiger partial charge in [0.15, 0.2) is 0 Å². The molecule has 1 heterocycles. The van der Waals surface area contributed by atoms with Crippen LogP contribution in [-0.2, 0) is 4.79 Å². The number of hydrogen-bond acceptors (Lipinski definition) is 2. The van der Waals surface area contributed by atoms with Crippen LogP contribution in [0.4, 0.5) is 0 Å². The van der Waals surface area contributed by atoms with Gasteiger partial charge in [-0.25, -0.2) is 0 Å². The SMILES string of the molecule is O=C(CCC1CCNC1)C1CC1. The van der Waals surface area contributed by atoms with Crippen LogP contribution < -0.4 is 5.32 Å². The highest BCUT2D eigenvalue weighted by Gasteiger charge is 2.29. The molecule has 1 unspecified atom stereocenters. The highest BCUT2D eigenvalue weighted by molar-refractivity contribution is 5.83. The second-order valence-corrected chi connectivity index (χ2v) is 4.14. The lowest BCUT2D eigenvalue weighted by Gasteiger charge is -2.05. The zero-order chi connectivity index (χ0) is 8.39. The summed E-state index contributed by atoms with van der Waals surface area (Å²) in [6.45, 7) is 2.29. The maximum absolute atomic E-state index is 11.3. The van der Waals surface area contributed by atoms with E-state index in [1.165, 1.54) is 19.3 Å². The van der Waals surface area contributed by atoms with Crippen molar-refractivity contribution in [3.63, 3.8) is 0 Å². The topological polar surface area (TPSA) is 29.1 Å². The second-order valence-electron chi connectivity index (χ2n) is 4.14. The van der Waals surface area contributed by atoms with E-state index in [1.807, 2.05) is 0 Å². The number of ketones is 1. The molecule has 0 aromatic rings. The molecule has 1 saturated heterocycles. The molecule has 0 aromatic carbocycles. The summed E-state index contributed by atoms with van der Waals surface area (Å²) >= 11 is 0. The van der Waals surface area contributed by atoms with Gasteiger partial charge in [0.05, 0.1) is 0 Å². The van der Waals surface area contributed by atoms with Gasteiger partial charge >= 0.3 is 0 Å². The fraction of sp³-hybridized carbons (Fsp3) is 0.900. The van der Waals surface area contributed by atoms with Gasteiger partial charge in [0.1, 0.15) is 5.78 Å². The molecular formula is C10H17NO. The molecule has 2 rings (SSSR count). The standard InChI is InChI=1S/C10H17NO/c12-10(9-2-3-9)4-1-8-5-6-11-7-8/h8-9,11H,1-7H2. The number of hydrogen-bond donors (Lipinski definition) is 1. The Labute approximate surface area is 73.7 Å². The Kier molecular flexibility index (Phi) is 2.45. The van der Waals surface area contributed by atoms with Crippen molar-refractivity contribution in [2.45, 2.75) is 32.1 Å². The van der Waals surface area contributed by atoms with E-state index in [9.17, 15) is 4.79 Å². The molecule has 1 N–H and O–H groups in total. The summed E-state index contributed by atoms with van der Waals surface area (Å²) in [6.07, 6.45) is 5.58. The zero-order valence-corrected chi connectivity index (χ0v) is 7.51.